The van der Waals surface area contributed by atoms with Crippen molar-refractivity contribution >= 4 is 0 Å². The quantitative estimate of drug-likeness (QED) is 0.624. The summed E-state index contributed by atoms with van der Waals surface area (Å²) in [5.41, 5.74) is -0.741. The van der Waals surface area contributed by atoms with E-state index >= 15 is 0 Å². The summed E-state index contributed by atoms with van der Waals surface area (Å²) in [7, 11) is 0. The molecule has 0 saturated heterocycles. The van der Waals surface area contributed by atoms with E-state index < -0.39 is 5.60 Å². The van der Waals surface area contributed by atoms with Gasteiger partial charge in [0.1, 0.15) is 0 Å². The largest absolute Gasteiger partial charge is 0.396 e. The molecule has 10 heavy (non-hydrogen) atoms. The summed E-state index contributed by atoms with van der Waals surface area (Å²) in [5, 5.41) is 18.5. The maximum atomic E-state index is 9.70. The predicted molar refractivity (Wildman–Crippen MR) is 41.7 cm³/mol. The molecule has 0 bridgehead atoms. The minimum Gasteiger partial charge on any atom is -0.396 e. The lowest BCUT2D eigenvalue weighted by Crippen LogP contribution is -2.40. The standard InChI is InChI=1S/C8H18O2/c1-6(2)8(4,10)7(3)5-9/h6-7,9-10H,5H2,1-4H3. The topological polar surface area (TPSA) is 40.5 Å². The molecule has 0 aliphatic heterocycles. The number of hydrogen-bond acceptors (Lipinski definition) is 2. The third kappa shape index (κ3) is 1.96. The Hall–Kier alpha value is -0.0800. The van der Waals surface area contributed by atoms with E-state index in [-0.39, 0.29) is 18.4 Å². The van der Waals surface area contributed by atoms with Gasteiger partial charge in [-0.25, -0.2) is 0 Å². The Kier molecular flexibility index (Phi) is 3.33. The fourth-order valence-corrected chi connectivity index (χ4v) is 0.754. The zero-order valence-corrected chi connectivity index (χ0v) is 7.26. The van der Waals surface area contributed by atoms with Crippen molar-refractivity contribution in [1.82, 2.24) is 0 Å². The number of aliphatic hydroxyl groups excluding tert-OH is 1. The third-order valence-electron chi connectivity index (χ3n) is 2.44. The molecule has 0 saturated carbocycles. The molecule has 62 valence electrons. The highest BCUT2D eigenvalue weighted by Gasteiger charge is 2.30. The molecule has 0 radical (unpaired) electrons. The zero-order valence-electron chi connectivity index (χ0n) is 7.26. The van der Waals surface area contributed by atoms with E-state index in [2.05, 4.69) is 0 Å². The highest BCUT2D eigenvalue weighted by Crippen LogP contribution is 2.24. The average Bonchev–Trinajstić information content (AvgIpc) is 1.86. The Morgan fingerprint density at radius 1 is 1.30 bits per heavy atom. The van der Waals surface area contributed by atoms with Crippen LogP contribution >= 0.6 is 0 Å². The average molecular weight is 146 g/mol. The molecule has 2 unspecified atom stereocenters. The van der Waals surface area contributed by atoms with E-state index in [0.717, 1.165) is 0 Å². The molecule has 0 amide bonds. The van der Waals surface area contributed by atoms with E-state index in [1.54, 1.807) is 6.92 Å². The van der Waals surface area contributed by atoms with Crippen LogP contribution in [0.15, 0.2) is 0 Å². The number of hydrogen-bond donors (Lipinski definition) is 2. The van der Waals surface area contributed by atoms with Gasteiger partial charge in [0.25, 0.3) is 0 Å². The molecular formula is C8H18O2. The van der Waals surface area contributed by atoms with Crippen molar-refractivity contribution in [1.29, 1.82) is 0 Å². The van der Waals surface area contributed by atoms with Gasteiger partial charge in [-0.05, 0) is 12.8 Å². The van der Waals surface area contributed by atoms with Gasteiger partial charge in [0.05, 0.1) is 5.60 Å². The van der Waals surface area contributed by atoms with Gasteiger partial charge < -0.3 is 10.2 Å². The SMILES string of the molecule is CC(C)C(C)(O)C(C)CO. The Morgan fingerprint density at radius 2 is 1.70 bits per heavy atom. The number of aliphatic hydroxyl groups is 2. The summed E-state index contributed by atoms with van der Waals surface area (Å²) in [6.45, 7) is 7.56. The zero-order chi connectivity index (χ0) is 8.36. The molecule has 2 nitrogen and oxygen atoms in total. The molecule has 2 atom stereocenters. The molecule has 0 aliphatic carbocycles. The summed E-state index contributed by atoms with van der Waals surface area (Å²) in [6.07, 6.45) is 0. The second-order valence-corrected chi connectivity index (χ2v) is 3.46. The van der Waals surface area contributed by atoms with E-state index in [1.165, 1.54) is 0 Å². The molecule has 0 rings (SSSR count). The summed E-state index contributed by atoms with van der Waals surface area (Å²) in [6, 6.07) is 0. The van der Waals surface area contributed by atoms with Crippen molar-refractivity contribution in [3.05, 3.63) is 0 Å². The van der Waals surface area contributed by atoms with Crippen molar-refractivity contribution in [3.63, 3.8) is 0 Å². The van der Waals surface area contributed by atoms with Crippen molar-refractivity contribution in [2.75, 3.05) is 6.61 Å². The normalized spacial score (nSPS) is 20.7. The first-order valence-electron chi connectivity index (χ1n) is 3.76. The lowest BCUT2D eigenvalue weighted by molar-refractivity contribution is -0.0528. The minimum atomic E-state index is -0.741. The van der Waals surface area contributed by atoms with Gasteiger partial charge in [-0.3, -0.25) is 0 Å². The Bertz CT molecular complexity index is 97.4. The lowest BCUT2D eigenvalue weighted by atomic mass is 9.82. The van der Waals surface area contributed by atoms with E-state index in [9.17, 15) is 5.11 Å². The number of rotatable bonds is 3. The fraction of sp³-hybridized carbons (Fsp3) is 1.00. The van der Waals surface area contributed by atoms with E-state index in [4.69, 9.17) is 5.11 Å². The third-order valence-corrected chi connectivity index (χ3v) is 2.44. The van der Waals surface area contributed by atoms with Crippen LogP contribution in [0.25, 0.3) is 0 Å². The molecule has 0 aromatic heterocycles. The van der Waals surface area contributed by atoms with Gasteiger partial charge in [-0.15, -0.1) is 0 Å². The van der Waals surface area contributed by atoms with Crippen LogP contribution in [0.1, 0.15) is 27.7 Å². The van der Waals surface area contributed by atoms with Crippen LogP contribution < -0.4 is 0 Å². The first kappa shape index (κ1) is 9.92. The van der Waals surface area contributed by atoms with Gasteiger partial charge in [0.15, 0.2) is 0 Å². The smallest absolute Gasteiger partial charge is 0.0689 e. The van der Waals surface area contributed by atoms with Gasteiger partial charge in [-0.1, -0.05) is 20.8 Å². The van der Waals surface area contributed by atoms with Gasteiger partial charge in [0.2, 0.25) is 0 Å². The summed E-state index contributed by atoms with van der Waals surface area (Å²) in [5.74, 6) is 0.141. The monoisotopic (exact) mass is 146 g/mol. The summed E-state index contributed by atoms with van der Waals surface area (Å²) in [4.78, 5) is 0. The maximum Gasteiger partial charge on any atom is 0.0689 e. The molecule has 2 heteroatoms. The highest BCUT2D eigenvalue weighted by atomic mass is 16.3. The first-order chi connectivity index (χ1) is 4.42. The summed E-state index contributed by atoms with van der Waals surface area (Å²) < 4.78 is 0. The van der Waals surface area contributed by atoms with Crippen molar-refractivity contribution < 1.29 is 10.2 Å². The Morgan fingerprint density at radius 3 is 1.80 bits per heavy atom. The van der Waals surface area contributed by atoms with Crippen LogP contribution in [0.2, 0.25) is 0 Å². The first-order valence-corrected chi connectivity index (χ1v) is 3.76. The van der Waals surface area contributed by atoms with Crippen LogP contribution in [-0.2, 0) is 0 Å². The van der Waals surface area contributed by atoms with Gasteiger partial charge in [0, 0.05) is 12.5 Å². The van der Waals surface area contributed by atoms with Crippen LogP contribution in [0.4, 0.5) is 0 Å². The Labute approximate surface area is 62.9 Å². The fourth-order valence-electron chi connectivity index (χ4n) is 0.754. The molecule has 0 aromatic rings. The molecule has 0 aliphatic rings. The molecule has 2 N–H and O–H groups in total. The molecule has 0 fully saturated rings. The van der Waals surface area contributed by atoms with Crippen molar-refractivity contribution in [2.24, 2.45) is 11.8 Å². The lowest BCUT2D eigenvalue weighted by Gasteiger charge is -2.32. The van der Waals surface area contributed by atoms with Gasteiger partial charge >= 0.3 is 0 Å². The van der Waals surface area contributed by atoms with Crippen LogP contribution in [0, 0.1) is 11.8 Å². The molecule has 0 heterocycles. The van der Waals surface area contributed by atoms with Crippen LogP contribution in [-0.4, -0.2) is 22.4 Å². The van der Waals surface area contributed by atoms with Gasteiger partial charge in [-0.2, -0.15) is 0 Å². The molecule has 0 aromatic carbocycles. The van der Waals surface area contributed by atoms with Crippen molar-refractivity contribution in [2.45, 2.75) is 33.3 Å². The second-order valence-electron chi connectivity index (χ2n) is 3.46. The minimum absolute atomic E-state index is 0.0468. The maximum absolute atomic E-state index is 9.70. The predicted octanol–water partition coefficient (Wildman–Crippen LogP) is 1.02. The van der Waals surface area contributed by atoms with Crippen LogP contribution in [0.3, 0.4) is 0 Å². The van der Waals surface area contributed by atoms with Crippen LogP contribution in [0.5, 0.6) is 0 Å². The molecule has 0 spiro atoms. The Balaban J connectivity index is 4.09. The van der Waals surface area contributed by atoms with E-state index in [0.29, 0.717) is 0 Å². The summed E-state index contributed by atoms with van der Waals surface area (Å²) >= 11 is 0. The highest BCUT2D eigenvalue weighted by molar-refractivity contribution is 4.81. The second kappa shape index (κ2) is 3.35. The molecular weight excluding hydrogens is 128 g/mol. The van der Waals surface area contributed by atoms with E-state index in [1.807, 2.05) is 20.8 Å². The van der Waals surface area contributed by atoms with Crippen molar-refractivity contribution in [3.8, 4) is 0 Å².